The zero-order chi connectivity index (χ0) is 25.6. The molecule has 5 rings (SSSR count). The minimum atomic E-state index is -0.0964. The summed E-state index contributed by atoms with van der Waals surface area (Å²) in [5.41, 5.74) is 5.75. The lowest BCUT2D eigenvalue weighted by Crippen LogP contribution is -2.34. The first-order chi connectivity index (χ1) is 17.1. The summed E-state index contributed by atoms with van der Waals surface area (Å²) in [5.74, 6) is 1.64. The maximum Gasteiger partial charge on any atom is 0.231 e. The van der Waals surface area contributed by atoms with Crippen LogP contribution in [0.5, 0.6) is 11.5 Å². The van der Waals surface area contributed by atoms with Gasteiger partial charge in [0.15, 0.2) is 5.76 Å². The molecule has 0 N–H and O–H groups in total. The average Bonchev–Trinajstić information content (AvgIpc) is 3.14. The van der Waals surface area contributed by atoms with E-state index in [4.69, 9.17) is 32.7 Å². The molecule has 3 aromatic carbocycles. The van der Waals surface area contributed by atoms with Gasteiger partial charge in [0.1, 0.15) is 18.2 Å². The minimum absolute atomic E-state index is 0.0761. The summed E-state index contributed by atoms with van der Waals surface area (Å²) in [6, 6.07) is 15.8. The van der Waals surface area contributed by atoms with Crippen LogP contribution in [0.3, 0.4) is 0 Å². The molecule has 2 heterocycles. The Labute approximate surface area is 222 Å². The first kappa shape index (κ1) is 24.9. The van der Waals surface area contributed by atoms with Gasteiger partial charge in [-0.2, -0.15) is 0 Å². The maximum atomic E-state index is 13.2. The number of Topliss-reactive ketones (excluding diaryl/α,β-unsaturated/α-hetero) is 1. The van der Waals surface area contributed by atoms with Crippen molar-refractivity contribution < 1.29 is 14.3 Å². The van der Waals surface area contributed by atoms with Gasteiger partial charge < -0.3 is 9.47 Å². The number of ketones is 1. The number of hydrogen-bond acceptors (Lipinski definition) is 4. The van der Waals surface area contributed by atoms with Gasteiger partial charge in [-0.1, -0.05) is 74.3 Å². The number of halogens is 2. The van der Waals surface area contributed by atoms with Crippen molar-refractivity contribution in [3.8, 4) is 11.5 Å². The van der Waals surface area contributed by atoms with E-state index in [0.29, 0.717) is 40.4 Å². The number of allylic oxidation sites excluding steroid dienone is 1. The van der Waals surface area contributed by atoms with E-state index in [1.54, 1.807) is 6.07 Å². The molecule has 6 heteroatoms. The normalized spacial score (nSPS) is 16.5. The summed E-state index contributed by atoms with van der Waals surface area (Å²) in [6.45, 7) is 10.4. The van der Waals surface area contributed by atoms with Gasteiger partial charge in [-0.15, -0.1) is 0 Å². The Hall–Kier alpha value is -2.79. The van der Waals surface area contributed by atoms with Crippen LogP contribution < -0.4 is 9.47 Å². The van der Waals surface area contributed by atoms with E-state index >= 15 is 0 Å². The number of rotatable bonds is 4. The lowest BCUT2D eigenvalue weighted by molar-refractivity contribution is 0.0954. The molecule has 186 valence electrons. The number of hydrogen-bond donors (Lipinski definition) is 0. The third-order valence-electron chi connectivity index (χ3n) is 6.79. The third-order valence-corrected chi connectivity index (χ3v) is 7.38. The molecule has 0 spiro atoms. The van der Waals surface area contributed by atoms with Crippen molar-refractivity contribution in [3.05, 3.63) is 97.7 Å². The van der Waals surface area contributed by atoms with Crippen LogP contribution in [0.4, 0.5) is 0 Å². The molecule has 0 amide bonds. The molecule has 4 nitrogen and oxygen atoms in total. The van der Waals surface area contributed by atoms with Crippen LogP contribution in [0.2, 0.25) is 10.0 Å². The Morgan fingerprint density at radius 2 is 1.78 bits per heavy atom. The third kappa shape index (κ3) is 4.90. The van der Waals surface area contributed by atoms with E-state index in [2.05, 4.69) is 37.8 Å². The van der Waals surface area contributed by atoms with Crippen LogP contribution in [-0.4, -0.2) is 24.0 Å². The van der Waals surface area contributed by atoms with E-state index in [0.717, 1.165) is 41.0 Å². The highest BCUT2D eigenvalue weighted by atomic mass is 35.5. The molecule has 0 unspecified atom stereocenters. The van der Waals surface area contributed by atoms with Crippen molar-refractivity contribution in [2.45, 2.75) is 46.1 Å². The summed E-state index contributed by atoms with van der Waals surface area (Å²) < 4.78 is 12.2. The van der Waals surface area contributed by atoms with E-state index in [-0.39, 0.29) is 11.2 Å². The van der Waals surface area contributed by atoms with Crippen molar-refractivity contribution in [2.75, 3.05) is 13.3 Å². The minimum Gasteiger partial charge on any atom is -0.477 e. The highest BCUT2D eigenvalue weighted by molar-refractivity contribution is 6.35. The fourth-order valence-electron chi connectivity index (χ4n) is 4.67. The Balaban J connectivity index is 1.33. The van der Waals surface area contributed by atoms with Gasteiger partial charge in [0.25, 0.3) is 0 Å². The number of fused-ring (bicyclic) bond motifs is 2. The summed E-state index contributed by atoms with van der Waals surface area (Å²) >= 11 is 12.4. The lowest BCUT2D eigenvalue weighted by Gasteiger charge is -2.30. The Bertz CT molecular complexity index is 1370. The van der Waals surface area contributed by atoms with Crippen molar-refractivity contribution in [3.63, 3.8) is 0 Å². The topological polar surface area (TPSA) is 38.8 Å². The molecule has 0 saturated carbocycles. The summed E-state index contributed by atoms with van der Waals surface area (Å²) in [4.78, 5) is 15.5. The molecule has 0 bridgehead atoms. The monoisotopic (exact) mass is 521 g/mol. The maximum absolute atomic E-state index is 13.2. The zero-order valence-electron chi connectivity index (χ0n) is 21.0. The van der Waals surface area contributed by atoms with Crippen molar-refractivity contribution in [2.24, 2.45) is 0 Å². The standard InChI is InChI=1S/C30H29Cl2NO3/c1-18-28-21(16-33(17-35-28)12-11-20-7-10-23(31)15-25(20)32)14-24-27(34)26(36-29(18)24)13-19-5-8-22(9-6-19)30(2,3)4/h5-10,13-15H,11-12,16-17H2,1-4H3/b26-13-. The largest absolute Gasteiger partial charge is 0.477 e. The first-order valence-electron chi connectivity index (χ1n) is 12.1. The average molecular weight is 522 g/mol. The molecule has 3 aromatic rings. The molecule has 0 fully saturated rings. The van der Waals surface area contributed by atoms with Gasteiger partial charge >= 0.3 is 0 Å². The molecule has 0 radical (unpaired) electrons. The summed E-state index contributed by atoms with van der Waals surface area (Å²) in [6.07, 6.45) is 2.60. The molecule has 2 aliphatic heterocycles. The second-order valence-corrected chi connectivity index (χ2v) is 11.3. The predicted octanol–water partition coefficient (Wildman–Crippen LogP) is 7.61. The van der Waals surface area contributed by atoms with Gasteiger partial charge in [0, 0.05) is 34.3 Å². The first-order valence-corrected chi connectivity index (χ1v) is 12.9. The van der Waals surface area contributed by atoms with E-state index in [9.17, 15) is 4.79 Å². The van der Waals surface area contributed by atoms with Crippen molar-refractivity contribution in [1.82, 2.24) is 4.90 Å². The Morgan fingerprint density at radius 3 is 2.47 bits per heavy atom. The van der Waals surface area contributed by atoms with Gasteiger partial charge in [0.05, 0.1) is 5.56 Å². The van der Waals surface area contributed by atoms with Gasteiger partial charge in [-0.3, -0.25) is 9.69 Å². The number of carbonyl (C=O) groups excluding carboxylic acids is 1. The van der Waals surface area contributed by atoms with Crippen LogP contribution in [0, 0.1) is 6.92 Å². The second kappa shape index (κ2) is 9.59. The quantitative estimate of drug-likeness (QED) is 0.331. The van der Waals surface area contributed by atoms with Gasteiger partial charge in [-0.05, 0) is 59.7 Å². The fraction of sp³-hybridized carbons (Fsp3) is 0.300. The van der Waals surface area contributed by atoms with Crippen LogP contribution >= 0.6 is 23.2 Å². The SMILES string of the molecule is Cc1c2c(cc3c1O/C(=C\c1ccc(C(C)(C)C)cc1)C3=O)CN(CCc1ccc(Cl)cc1Cl)CO2. The van der Waals surface area contributed by atoms with Crippen LogP contribution in [-0.2, 0) is 18.4 Å². The highest BCUT2D eigenvalue weighted by Crippen LogP contribution is 2.43. The summed E-state index contributed by atoms with van der Waals surface area (Å²) in [7, 11) is 0. The molecule has 0 aromatic heterocycles. The molecule has 0 saturated heterocycles. The van der Waals surface area contributed by atoms with E-state index in [1.165, 1.54) is 5.56 Å². The Kier molecular flexibility index (Phi) is 6.63. The molecule has 36 heavy (non-hydrogen) atoms. The zero-order valence-corrected chi connectivity index (χ0v) is 22.5. The van der Waals surface area contributed by atoms with Crippen LogP contribution in [0.25, 0.3) is 6.08 Å². The van der Waals surface area contributed by atoms with E-state index < -0.39 is 0 Å². The Morgan fingerprint density at radius 1 is 1.03 bits per heavy atom. The number of ether oxygens (including phenoxy) is 2. The van der Waals surface area contributed by atoms with Crippen molar-refractivity contribution >= 4 is 35.1 Å². The predicted molar refractivity (Wildman–Crippen MR) is 145 cm³/mol. The molecular formula is C30H29Cl2NO3. The number of nitrogens with zero attached hydrogens (tertiary/aromatic N) is 1. The summed E-state index contributed by atoms with van der Waals surface area (Å²) in [5, 5.41) is 1.30. The lowest BCUT2D eigenvalue weighted by atomic mass is 9.86. The molecule has 0 aliphatic carbocycles. The molecular weight excluding hydrogens is 493 g/mol. The van der Waals surface area contributed by atoms with Crippen molar-refractivity contribution in [1.29, 1.82) is 0 Å². The highest BCUT2D eigenvalue weighted by Gasteiger charge is 2.33. The van der Waals surface area contributed by atoms with E-state index in [1.807, 2.05) is 43.3 Å². The fourth-order valence-corrected chi connectivity index (χ4v) is 5.18. The van der Waals surface area contributed by atoms with Crippen LogP contribution in [0.1, 0.15) is 58.9 Å². The smallest absolute Gasteiger partial charge is 0.231 e. The molecule has 0 atom stereocenters. The van der Waals surface area contributed by atoms with Gasteiger partial charge in [0.2, 0.25) is 5.78 Å². The van der Waals surface area contributed by atoms with Gasteiger partial charge in [-0.25, -0.2) is 0 Å². The number of benzene rings is 3. The number of carbonyl (C=O) groups is 1. The van der Waals surface area contributed by atoms with Crippen LogP contribution in [0.15, 0.2) is 54.3 Å². The second-order valence-electron chi connectivity index (χ2n) is 10.5. The molecule has 2 aliphatic rings.